The maximum atomic E-state index is 6.29. The monoisotopic (exact) mass is 230 g/mol. The van der Waals surface area contributed by atoms with Gasteiger partial charge in [0.15, 0.2) is 0 Å². The van der Waals surface area contributed by atoms with Crippen molar-refractivity contribution in [1.29, 1.82) is 0 Å². The van der Waals surface area contributed by atoms with Crippen LogP contribution in [0, 0.1) is 5.92 Å². The fraction of sp³-hybridized carbons (Fsp3) is 0.538. The first kappa shape index (κ1) is 10.7. The van der Waals surface area contributed by atoms with E-state index >= 15 is 0 Å². The third-order valence-corrected chi connectivity index (χ3v) is 3.46. The standard InChI is InChI=1S/C13H18N4/c1-2-7-17-11-5-6-15-8-10(11)16-13(17)12(14)9-3-4-9/h5-6,8-9,12H,2-4,7,14H2,1H3. The maximum absolute atomic E-state index is 6.29. The molecule has 1 fully saturated rings. The van der Waals surface area contributed by atoms with Gasteiger partial charge in [-0.25, -0.2) is 4.98 Å². The van der Waals surface area contributed by atoms with Crippen molar-refractivity contribution in [1.82, 2.24) is 14.5 Å². The van der Waals surface area contributed by atoms with Crippen molar-refractivity contribution in [2.45, 2.75) is 38.8 Å². The number of rotatable bonds is 4. The fourth-order valence-corrected chi connectivity index (χ4v) is 2.38. The zero-order valence-electron chi connectivity index (χ0n) is 10.1. The Morgan fingerprint density at radius 1 is 1.53 bits per heavy atom. The Morgan fingerprint density at radius 3 is 3.06 bits per heavy atom. The van der Waals surface area contributed by atoms with Crippen LogP contribution in [0.25, 0.3) is 11.0 Å². The second-order valence-corrected chi connectivity index (χ2v) is 4.85. The number of fused-ring (bicyclic) bond motifs is 1. The van der Waals surface area contributed by atoms with Crippen LogP contribution in [0.2, 0.25) is 0 Å². The number of aromatic nitrogens is 3. The minimum Gasteiger partial charge on any atom is -0.327 e. The second-order valence-electron chi connectivity index (χ2n) is 4.85. The molecule has 4 nitrogen and oxygen atoms in total. The molecule has 0 spiro atoms. The van der Waals surface area contributed by atoms with Crippen molar-refractivity contribution < 1.29 is 0 Å². The second kappa shape index (κ2) is 4.11. The van der Waals surface area contributed by atoms with Crippen LogP contribution >= 0.6 is 0 Å². The number of nitrogens with two attached hydrogens (primary N) is 1. The molecule has 0 saturated heterocycles. The van der Waals surface area contributed by atoms with Crippen LogP contribution in [0.4, 0.5) is 0 Å². The van der Waals surface area contributed by atoms with Gasteiger partial charge in [-0.05, 0) is 31.2 Å². The topological polar surface area (TPSA) is 56.7 Å². The largest absolute Gasteiger partial charge is 0.327 e. The van der Waals surface area contributed by atoms with Crippen molar-refractivity contribution in [2.24, 2.45) is 11.7 Å². The molecule has 0 aromatic carbocycles. The molecule has 0 aliphatic heterocycles. The van der Waals surface area contributed by atoms with Crippen LogP contribution in [0.15, 0.2) is 18.5 Å². The number of pyridine rings is 1. The average molecular weight is 230 g/mol. The Hall–Kier alpha value is -1.42. The van der Waals surface area contributed by atoms with Gasteiger partial charge in [0, 0.05) is 12.7 Å². The van der Waals surface area contributed by atoms with E-state index in [0.29, 0.717) is 5.92 Å². The third-order valence-electron chi connectivity index (χ3n) is 3.46. The summed E-state index contributed by atoms with van der Waals surface area (Å²) in [4.78, 5) is 8.80. The van der Waals surface area contributed by atoms with Crippen molar-refractivity contribution in [3.8, 4) is 0 Å². The molecule has 2 heterocycles. The van der Waals surface area contributed by atoms with E-state index in [-0.39, 0.29) is 6.04 Å². The van der Waals surface area contributed by atoms with Crippen molar-refractivity contribution >= 4 is 11.0 Å². The van der Waals surface area contributed by atoms with Gasteiger partial charge < -0.3 is 10.3 Å². The van der Waals surface area contributed by atoms with Gasteiger partial charge in [-0.1, -0.05) is 6.92 Å². The van der Waals surface area contributed by atoms with Crippen molar-refractivity contribution in [3.05, 3.63) is 24.3 Å². The van der Waals surface area contributed by atoms with E-state index in [1.54, 1.807) is 0 Å². The van der Waals surface area contributed by atoms with Gasteiger partial charge in [-0.15, -0.1) is 0 Å². The maximum Gasteiger partial charge on any atom is 0.127 e. The highest BCUT2D eigenvalue weighted by Gasteiger charge is 2.32. The Kier molecular flexibility index (Phi) is 2.59. The van der Waals surface area contributed by atoms with Gasteiger partial charge >= 0.3 is 0 Å². The summed E-state index contributed by atoms with van der Waals surface area (Å²) in [6.45, 7) is 3.16. The molecule has 17 heavy (non-hydrogen) atoms. The summed E-state index contributed by atoms with van der Waals surface area (Å²) in [5.74, 6) is 1.67. The lowest BCUT2D eigenvalue weighted by Gasteiger charge is -2.13. The predicted octanol–water partition coefficient (Wildman–Crippen LogP) is 2.25. The first-order valence-electron chi connectivity index (χ1n) is 6.37. The van der Waals surface area contributed by atoms with Gasteiger partial charge in [-0.3, -0.25) is 4.98 Å². The molecule has 90 valence electrons. The average Bonchev–Trinajstić information content (AvgIpc) is 3.13. The normalized spacial score (nSPS) is 17.5. The van der Waals surface area contributed by atoms with Crippen LogP contribution in [-0.2, 0) is 6.54 Å². The number of hydrogen-bond acceptors (Lipinski definition) is 3. The molecule has 1 saturated carbocycles. The van der Waals surface area contributed by atoms with Gasteiger partial charge in [0.1, 0.15) is 11.3 Å². The number of hydrogen-bond donors (Lipinski definition) is 1. The SMILES string of the molecule is CCCn1c(C(N)C2CC2)nc2cnccc21. The Labute approximate surface area is 101 Å². The minimum atomic E-state index is 0.0916. The summed E-state index contributed by atoms with van der Waals surface area (Å²) in [5, 5.41) is 0. The summed E-state index contributed by atoms with van der Waals surface area (Å²) in [6.07, 6.45) is 7.23. The Morgan fingerprint density at radius 2 is 2.35 bits per heavy atom. The van der Waals surface area contributed by atoms with Gasteiger partial charge in [0.2, 0.25) is 0 Å². The summed E-state index contributed by atoms with van der Waals surface area (Å²) in [5.41, 5.74) is 8.42. The van der Waals surface area contributed by atoms with Crippen LogP contribution in [-0.4, -0.2) is 14.5 Å². The van der Waals surface area contributed by atoms with E-state index in [1.165, 1.54) is 12.8 Å². The summed E-state index contributed by atoms with van der Waals surface area (Å²) < 4.78 is 2.26. The van der Waals surface area contributed by atoms with E-state index in [1.807, 2.05) is 18.5 Å². The fourth-order valence-electron chi connectivity index (χ4n) is 2.38. The molecule has 0 bridgehead atoms. The highest BCUT2D eigenvalue weighted by atomic mass is 15.1. The number of aryl methyl sites for hydroxylation is 1. The highest BCUT2D eigenvalue weighted by Crippen LogP contribution is 2.39. The van der Waals surface area contributed by atoms with Crippen molar-refractivity contribution in [2.75, 3.05) is 0 Å². The van der Waals surface area contributed by atoms with Crippen LogP contribution in [0.1, 0.15) is 38.1 Å². The van der Waals surface area contributed by atoms with Crippen LogP contribution in [0.5, 0.6) is 0 Å². The molecule has 4 heteroatoms. The lowest BCUT2D eigenvalue weighted by molar-refractivity contribution is 0.543. The zero-order valence-corrected chi connectivity index (χ0v) is 10.1. The molecule has 2 N–H and O–H groups in total. The molecule has 2 aromatic rings. The van der Waals surface area contributed by atoms with Gasteiger partial charge in [-0.2, -0.15) is 0 Å². The summed E-state index contributed by atoms with van der Waals surface area (Å²) >= 11 is 0. The molecular formula is C13H18N4. The Bertz CT molecular complexity index is 527. The van der Waals surface area contributed by atoms with Crippen LogP contribution < -0.4 is 5.73 Å². The zero-order chi connectivity index (χ0) is 11.8. The van der Waals surface area contributed by atoms with E-state index in [9.17, 15) is 0 Å². The quantitative estimate of drug-likeness (QED) is 0.876. The van der Waals surface area contributed by atoms with E-state index in [2.05, 4.69) is 21.5 Å². The molecule has 3 rings (SSSR count). The number of imidazole rings is 1. The van der Waals surface area contributed by atoms with E-state index < -0.39 is 0 Å². The van der Waals surface area contributed by atoms with Crippen LogP contribution in [0.3, 0.4) is 0 Å². The predicted molar refractivity (Wildman–Crippen MR) is 67.5 cm³/mol. The molecular weight excluding hydrogens is 212 g/mol. The molecule has 1 atom stereocenters. The van der Waals surface area contributed by atoms with Crippen molar-refractivity contribution in [3.63, 3.8) is 0 Å². The molecule has 0 amide bonds. The molecule has 1 aliphatic carbocycles. The summed E-state index contributed by atoms with van der Waals surface area (Å²) in [7, 11) is 0. The third kappa shape index (κ3) is 1.82. The molecule has 1 unspecified atom stereocenters. The lowest BCUT2D eigenvalue weighted by Crippen LogP contribution is -2.18. The lowest BCUT2D eigenvalue weighted by atomic mass is 10.2. The molecule has 0 radical (unpaired) electrons. The van der Waals surface area contributed by atoms with E-state index in [0.717, 1.165) is 29.8 Å². The number of nitrogens with zero attached hydrogens (tertiary/aromatic N) is 3. The first-order chi connectivity index (χ1) is 8.31. The smallest absolute Gasteiger partial charge is 0.127 e. The molecule has 1 aliphatic rings. The molecule has 2 aromatic heterocycles. The van der Waals surface area contributed by atoms with Gasteiger partial charge in [0.25, 0.3) is 0 Å². The summed E-state index contributed by atoms with van der Waals surface area (Å²) in [6, 6.07) is 2.12. The Balaban J connectivity index is 2.11. The van der Waals surface area contributed by atoms with E-state index in [4.69, 9.17) is 5.73 Å². The first-order valence-corrected chi connectivity index (χ1v) is 6.37. The minimum absolute atomic E-state index is 0.0916. The van der Waals surface area contributed by atoms with Gasteiger partial charge in [0.05, 0.1) is 17.8 Å². The highest BCUT2D eigenvalue weighted by molar-refractivity contribution is 5.74.